The lowest BCUT2D eigenvalue weighted by atomic mass is 10.2. The third-order valence-corrected chi connectivity index (χ3v) is 5.25. The summed E-state index contributed by atoms with van der Waals surface area (Å²) in [5, 5.41) is 4.44. The fraction of sp³-hybridized carbons (Fsp3) is 0.688. The van der Waals surface area contributed by atoms with Gasteiger partial charge in [-0.05, 0) is 52.4 Å². The number of hydrogen-bond donors (Lipinski definition) is 2. The third kappa shape index (κ3) is 3.18. The maximum atomic E-state index is 12.4. The molecule has 0 amide bonds. The Bertz CT molecular complexity index is 545. The molecule has 0 saturated heterocycles. The van der Waals surface area contributed by atoms with Crippen molar-refractivity contribution >= 4 is 27.8 Å². The van der Waals surface area contributed by atoms with Crippen molar-refractivity contribution in [2.24, 2.45) is 11.8 Å². The first-order valence-electron chi connectivity index (χ1n) is 7.87. The van der Waals surface area contributed by atoms with Crippen LogP contribution in [-0.2, 0) is 0 Å². The molecule has 1 unspecified atom stereocenters. The summed E-state index contributed by atoms with van der Waals surface area (Å²) in [6.45, 7) is 6.15. The van der Waals surface area contributed by atoms with Gasteiger partial charge >= 0.3 is 0 Å². The minimum absolute atomic E-state index is 0.0440. The van der Waals surface area contributed by atoms with Crippen LogP contribution in [0.3, 0.4) is 0 Å². The Hall–Kier alpha value is -1.23. The van der Waals surface area contributed by atoms with E-state index < -0.39 is 0 Å². The number of rotatable bonds is 7. The minimum atomic E-state index is 0.0440. The Kier molecular flexibility index (Phi) is 3.86. The second kappa shape index (κ2) is 5.52. The smallest absolute Gasteiger partial charge is 0.178 e. The summed E-state index contributed by atoms with van der Waals surface area (Å²) in [6, 6.07) is 0.404. The summed E-state index contributed by atoms with van der Waals surface area (Å²) >= 11 is 1.47. The van der Waals surface area contributed by atoms with Gasteiger partial charge in [-0.15, -0.1) is 11.3 Å². The molecule has 2 saturated carbocycles. The predicted molar refractivity (Wildman–Crippen MR) is 87.4 cm³/mol. The first-order valence-corrected chi connectivity index (χ1v) is 8.68. The van der Waals surface area contributed by atoms with Crippen molar-refractivity contribution < 1.29 is 9.53 Å². The number of thiophene rings is 1. The third-order valence-electron chi connectivity index (χ3n) is 4.11. The Labute approximate surface area is 130 Å². The summed E-state index contributed by atoms with van der Waals surface area (Å²) in [5.41, 5.74) is 6.74. The molecule has 0 bridgehead atoms. The molecule has 3 rings (SSSR count). The molecule has 2 fully saturated rings. The molecule has 1 aromatic rings. The van der Waals surface area contributed by atoms with Crippen LogP contribution in [0, 0.1) is 11.8 Å². The molecule has 4 nitrogen and oxygen atoms in total. The van der Waals surface area contributed by atoms with E-state index in [1.165, 1.54) is 24.2 Å². The van der Waals surface area contributed by atoms with E-state index in [1.807, 2.05) is 13.8 Å². The average molecular weight is 308 g/mol. The lowest BCUT2D eigenvalue weighted by Crippen LogP contribution is -2.17. The first kappa shape index (κ1) is 14.7. The zero-order valence-electron chi connectivity index (χ0n) is 12.9. The zero-order valence-corrected chi connectivity index (χ0v) is 13.8. The first-order chi connectivity index (χ1) is 9.97. The van der Waals surface area contributed by atoms with Crippen molar-refractivity contribution in [3.05, 3.63) is 4.88 Å². The molecular weight excluding hydrogens is 284 g/mol. The number of hydrogen-bond acceptors (Lipinski definition) is 5. The molecule has 0 radical (unpaired) electrons. The van der Waals surface area contributed by atoms with E-state index in [1.54, 1.807) is 0 Å². The number of nitrogens with one attached hydrogen (secondary N) is 1. The molecule has 0 spiro atoms. The molecule has 21 heavy (non-hydrogen) atoms. The van der Waals surface area contributed by atoms with Crippen LogP contribution < -0.4 is 15.8 Å². The highest BCUT2D eigenvalue weighted by atomic mass is 32.1. The van der Waals surface area contributed by atoms with E-state index in [-0.39, 0.29) is 17.8 Å². The van der Waals surface area contributed by atoms with Crippen molar-refractivity contribution in [2.45, 2.75) is 58.6 Å². The van der Waals surface area contributed by atoms with Gasteiger partial charge in [-0.1, -0.05) is 0 Å². The van der Waals surface area contributed by atoms with Crippen molar-refractivity contribution in [1.82, 2.24) is 0 Å². The second-order valence-electron chi connectivity index (χ2n) is 6.58. The van der Waals surface area contributed by atoms with Crippen molar-refractivity contribution in [2.75, 3.05) is 11.1 Å². The standard InChI is InChI=1S/C16H24N2O2S/c1-8(2)20-14-12(17)15(13(19)11-6-7-11)21-16(14)18-9(3)10-4-5-10/h8-11,18H,4-7,17H2,1-3H3. The highest BCUT2D eigenvalue weighted by molar-refractivity contribution is 7.19. The van der Waals surface area contributed by atoms with Crippen LogP contribution in [-0.4, -0.2) is 17.9 Å². The minimum Gasteiger partial charge on any atom is -0.486 e. The van der Waals surface area contributed by atoms with Gasteiger partial charge in [0.2, 0.25) is 0 Å². The lowest BCUT2D eigenvalue weighted by Gasteiger charge is -2.16. The van der Waals surface area contributed by atoms with Crippen molar-refractivity contribution in [3.63, 3.8) is 0 Å². The monoisotopic (exact) mass is 308 g/mol. The Morgan fingerprint density at radius 1 is 1.29 bits per heavy atom. The van der Waals surface area contributed by atoms with Gasteiger partial charge in [0, 0.05) is 12.0 Å². The van der Waals surface area contributed by atoms with E-state index in [9.17, 15) is 4.79 Å². The van der Waals surface area contributed by atoms with Gasteiger partial charge in [-0.3, -0.25) is 4.79 Å². The fourth-order valence-electron chi connectivity index (χ4n) is 2.51. The maximum absolute atomic E-state index is 12.4. The topological polar surface area (TPSA) is 64.3 Å². The molecule has 1 heterocycles. The molecule has 2 aliphatic carbocycles. The van der Waals surface area contributed by atoms with E-state index in [0.717, 1.165) is 23.8 Å². The van der Waals surface area contributed by atoms with Crippen LogP contribution in [0.4, 0.5) is 10.7 Å². The highest BCUT2D eigenvalue weighted by Gasteiger charge is 2.35. The van der Waals surface area contributed by atoms with Crippen molar-refractivity contribution in [3.8, 4) is 5.75 Å². The molecule has 3 N–H and O–H groups in total. The van der Waals surface area contributed by atoms with E-state index in [0.29, 0.717) is 22.4 Å². The van der Waals surface area contributed by atoms with Crippen LogP contribution in [0.15, 0.2) is 0 Å². The number of carbonyl (C=O) groups excluding carboxylic acids is 1. The summed E-state index contributed by atoms with van der Waals surface area (Å²) in [5.74, 6) is 1.79. The Morgan fingerprint density at radius 2 is 1.95 bits per heavy atom. The molecule has 1 aromatic heterocycles. The van der Waals surface area contributed by atoms with Crippen molar-refractivity contribution in [1.29, 1.82) is 0 Å². The van der Waals surface area contributed by atoms with Gasteiger partial charge in [-0.25, -0.2) is 0 Å². The van der Waals surface area contributed by atoms with E-state index >= 15 is 0 Å². The van der Waals surface area contributed by atoms with Gasteiger partial charge in [0.25, 0.3) is 0 Å². The zero-order chi connectivity index (χ0) is 15.1. The number of anilines is 2. The Morgan fingerprint density at radius 3 is 2.48 bits per heavy atom. The largest absolute Gasteiger partial charge is 0.486 e. The number of nitrogen functional groups attached to an aromatic ring is 1. The van der Waals surface area contributed by atoms with Gasteiger partial charge in [0.1, 0.15) is 5.00 Å². The molecule has 1 atom stereocenters. The highest BCUT2D eigenvalue weighted by Crippen LogP contribution is 2.47. The van der Waals surface area contributed by atoms with Crippen LogP contribution in [0.25, 0.3) is 0 Å². The molecule has 116 valence electrons. The van der Waals surface area contributed by atoms with E-state index in [2.05, 4.69) is 12.2 Å². The van der Waals surface area contributed by atoms with Gasteiger partial charge in [-0.2, -0.15) is 0 Å². The Balaban J connectivity index is 1.87. The second-order valence-corrected chi connectivity index (χ2v) is 7.60. The molecule has 5 heteroatoms. The van der Waals surface area contributed by atoms with Gasteiger partial charge < -0.3 is 15.8 Å². The SMILES string of the molecule is CC(C)Oc1c(NC(C)C2CC2)sc(C(=O)C2CC2)c1N. The number of nitrogens with two attached hydrogens (primary N) is 1. The summed E-state index contributed by atoms with van der Waals surface area (Å²) < 4.78 is 5.88. The summed E-state index contributed by atoms with van der Waals surface area (Å²) in [7, 11) is 0. The number of ketones is 1. The van der Waals surface area contributed by atoms with Crippen LogP contribution >= 0.6 is 11.3 Å². The van der Waals surface area contributed by atoms with Gasteiger partial charge in [0.05, 0.1) is 16.7 Å². The average Bonchev–Trinajstić information content (AvgIpc) is 3.29. The van der Waals surface area contributed by atoms with E-state index in [4.69, 9.17) is 10.5 Å². The predicted octanol–water partition coefficient (Wildman–Crippen LogP) is 3.92. The normalized spacial score (nSPS) is 19.6. The number of ether oxygens (including phenoxy) is 1. The summed E-state index contributed by atoms with van der Waals surface area (Å²) in [6.07, 6.45) is 4.60. The molecule has 2 aliphatic rings. The van der Waals surface area contributed by atoms with Gasteiger partial charge in [0.15, 0.2) is 11.5 Å². The summed E-state index contributed by atoms with van der Waals surface area (Å²) in [4.78, 5) is 13.0. The molecule has 0 aliphatic heterocycles. The maximum Gasteiger partial charge on any atom is 0.178 e. The van der Waals surface area contributed by atoms with Crippen LogP contribution in [0.1, 0.15) is 56.1 Å². The number of Topliss-reactive ketones (excluding diaryl/α,β-unsaturated/α-hetero) is 1. The fourth-order valence-corrected chi connectivity index (χ4v) is 3.68. The molecular formula is C16H24N2O2S. The van der Waals surface area contributed by atoms with Crippen LogP contribution in [0.5, 0.6) is 5.75 Å². The lowest BCUT2D eigenvalue weighted by molar-refractivity contribution is 0.0972. The number of carbonyl (C=O) groups is 1. The molecule has 0 aromatic carbocycles. The quantitative estimate of drug-likeness (QED) is 0.749. The van der Waals surface area contributed by atoms with Crippen LogP contribution in [0.2, 0.25) is 0 Å².